The molecule has 138 valence electrons. The van der Waals surface area contributed by atoms with Crippen LogP contribution in [0.1, 0.15) is 21.5 Å². The average Bonchev–Trinajstić information content (AvgIpc) is 3.41. The molecule has 0 unspecified atom stereocenters. The third-order valence-corrected chi connectivity index (χ3v) is 4.25. The topological polar surface area (TPSA) is 64.2 Å². The Kier molecular flexibility index (Phi) is 5.11. The van der Waals surface area contributed by atoms with E-state index in [-0.39, 0.29) is 5.91 Å². The number of rotatable bonds is 6. The van der Waals surface area contributed by atoms with Crippen LogP contribution in [0.25, 0.3) is 5.69 Å². The number of hydrazone groups is 1. The van der Waals surface area contributed by atoms with Crippen LogP contribution in [-0.4, -0.2) is 26.5 Å². The third kappa shape index (κ3) is 4.07. The summed E-state index contributed by atoms with van der Waals surface area (Å²) < 4.78 is 3.73. The predicted molar refractivity (Wildman–Crippen MR) is 109 cm³/mol. The first kappa shape index (κ1) is 17.5. The van der Waals surface area contributed by atoms with Crippen molar-refractivity contribution >= 4 is 12.1 Å². The summed E-state index contributed by atoms with van der Waals surface area (Å²) in [5.74, 6) is -0.266. The van der Waals surface area contributed by atoms with Crippen molar-refractivity contribution < 1.29 is 4.79 Å². The van der Waals surface area contributed by atoms with E-state index < -0.39 is 0 Å². The molecule has 0 saturated heterocycles. The number of hydrogen-bond acceptors (Lipinski definition) is 3. The maximum atomic E-state index is 12.5. The molecule has 2 heterocycles. The zero-order valence-electron chi connectivity index (χ0n) is 15.1. The summed E-state index contributed by atoms with van der Waals surface area (Å²) >= 11 is 0. The summed E-state index contributed by atoms with van der Waals surface area (Å²) in [5, 5.41) is 8.40. The molecular formula is C22H19N5O. The first-order chi connectivity index (χ1) is 13.8. The van der Waals surface area contributed by atoms with Gasteiger partial charge in [0.05, 0.1) is 30.2 Å². The van der Waals surface area contributed by atoms with E-state index in [1.165, 1.54) is 5.56 Å². The lowest BCUT2D eigenvalue weighted by Gasteiger charge is -2.08. The quantitative estimate of drug-likeness (QED) is 0.418. The van der Waals surface area contributed by atoms with Crippen LogP contribution in [0, 0.1) is 0 Å². The maximum Gasteiger partial charge on any atom is 0.273 e. The highest BCUT2D eigenvalue weighted by Gasteiger charge is 2.11. The van der Waals surface area contributed by atoms with Gasteiger partial charge in [0.25, 0.3) is 5.91 Å². The second-order valence-corrected chi connectivity index (χ2v) is 6.26. The Labute approximate surface area is 162 Å². The van der Waals surface area contributed by atoms with Gasteiger partial charge in [0.15, 0.2) is 0 Å². The SMILES string of the molecule is O=C(N/N=C\c1cnn(Cc2ccccc2)c1)c1ccccc1-n1cccc1. The number of benzene rings is 2. The second-order valence-electron chi connectivity index (χ2n) is 6.26. The molecule has 0 bridgehead atoms. The molecule has 6 nitrogen and oxygen atoms in total. The Bertz CT molecular complexity index is 1080. The number of aromatic nitrogens is 3. The number of para-hydroxylation sites is 1. The number of amides is 1. The number of nitrogens with one attached hydrogen (secondary N) is 1. The van der Waals surface area contributed by atoms with Gasteiger partial charge in [-0.2, -0.15) is 10.2 Å². The Morgan fingerprint density at radius 2 is 1.75 bits per heavy atom. The lowest BCUT2D eigenvalue weighted by molar-refractivity contribution is 0.0955. The van der Waals surface area contributed by atoms with Crippen molar-refractivity contribution in [1.29, 1.82) is 0 Å². The van der Waals surface area contributed by atoms with Gasteiger partial charge in [0.1, 0.15) is 0 Å². The number of carbonyl (C=O) groups excluding carboxylic acids is 1. The summed E-state index contributed by atoms with van der Waals surface area (Å²) in [6.07, 6.45) is 8.99. The van der Waals surface area contributed by atoms with Gasteiger partial charge in [-0.1, -0.05) is 42.5 Å². The summed E-state index contributed by atoms with van der Waals surface area (Å²) in [7, 11) is 0. The fourth-order valence-electron chi connectivity index (χ4n) is 2.91. The number of nitrogens with zero attached hydrogens (tertiary/aromatic N) is 4. The molecule has 0 fully saturated rings. The molecule has 28 heavy (non-hydrogen) atoms. The van der Waals surface area contributed by atoms with Crippen molar-refractivity contribution in [2.45, 2.75) is 6.54 Å². The Hall–Kier alpha value is -3.93. The molecule has 0 aliphatic rings. The minimum absolute atomic E-state index is 0.266. The standard InChI is InChI=1S/C22H19N5O/c28-22(20-10-4-5-11-21(20)26-12-6-7-13-26)25-23-14-19-15-24-27(17-19)16-18-8-2-1-3-9-18/h1-15,17H,16H2,(H,25,28)/b23-14-. The molecule has 0 aliphatic carbocycles. The van der Waals surface area contributed by atoms with E-state index in [9.17, 15) is 4.79 Å². The van der Waals surface area contributed by atoms with Crippen LogP contribution in [0.5, 0.6) is 0 Å². The van der Waals surface area contributed by atoms with Crippen molar-refractivity contribution in [1.82, 2.24) is 19.8 Å². The summed E-state index contributed by atoms with van der Waals surface area (Å²) in [6, 6.07) is 21.3. The Balaban J connectivity index is 1.41. The van der Waals surface area contributed by atoms with Crippen LogP contribution in [0.2, 0.25) is 0 Å². The van der Waals surface area contributed by atoms with Crippen LogP contribution < -0.4 is 5.43 Å². The van der Waals surface area contributed by atoms with Crippen molar-refractivity contribution in [3.05, 3.63) is 108 Å². The smallest absolute Gasteiger partial charge is 0.273 e. The molecule has 1 amide bonds. The molecule has 1 N–H and O–H groups in total. The van der Waals surface area contributed by atoms with Gasteiger partial charge in [-0.05, 0) is 29.8 Å². The maximum absolute atomic E-state index is 12.5. The molecule has 2 aromatic heterocycles. The van der Waals surface area contributed by atoms with Crippen LogP contribution >= 0.6 is 0 Å². The van der Waals surface area contributed by atoms with Gasteiger partial charge in [-0.15, -0.1) is 0 Å². The minimum atomic E-state index is -0.266. The number of hydrogen-bond donors (Lipinski definition) is 1. The third-order valence-electron chi connectivity index (χ3n) is 4.25. The molecule has 6 heteroatoms. The molecule has 4 aromatic rings. The van der Waals surface area contributed by atoms with Crippen LogP contribution in [-0.2, 0) is 6.54 Å². The first-order valence-electron chi connectivity index (χ1n) is 8.92. The fourth-order valence-corrected chi connectivity index (χ4v) is 2.91. The van der Waals surface area contributed by atoms with Gasteiger partial charge in [-0.25, -0.2) is 5.43 Å². The first-order valence-corrected chi connectivity index (χ1v) is 8.92. The monoisotopic (exact) mass is 369 g/mol. The predicted octanol–water partition coefficient (Wildman–Crippen LogP) is 3.49. The highest BCUT2D eigenvalue weighted by Crippen LogP contribution is 2.14. The van der Waals surface area contributed by atoms with Crippen LogP contribution in [0.15, 0.2) is 96.6 Å². The zero-order chi connectivity index (χ0) is 19.2. The van der Waals surface area contributed by atoms with Gasteiger partial charge in [0.2, 0.25) is 0 Å². The molecule has 0 atom stereocenters. The van der Waals surface area contributed by atoms with Gasteiger partial charge < -0.3 is 4.57 Å². The van der Waals surface area contributed by atoms with Gasteiger partial charge in [0, 0.05) is 24.2 Å². The average molecular weight is 369 g/mol. The van der Waals surface area contributed by atoms with E-state index in [2.05, 4.69) is 27.8 Å². The van der Waals surface area contributed by atoms with E-state index in [4.69, 9.17) is 0 Å². The Morgan fingerprint density at radius 3 is 2.57 bits per heavy atom. The molecular weight excluding hydrogens is 350 g/mol. The molecule has 2 aromatic carbocycles. The highest BCUT2D eigenvalue weighted by atomic mass is 16.2. The van der Waals surface area contributed by atoms with Gasteiger partial charge >= 0.3 is 0 Å². The van der Waals surface area contributed by atoms with Crippen molar-refractivity contribution in [3.63, 3.8) is 0 Å². The molecule has 0 aliphatic heterocycles. The van der Waals surface area contributed by atoms with E-state index in [0.29, 0.717) is 12.1 Å². The molecule has 0 radical (unpaired) electrons. The van der Waals surface area contributed by atoms with Gasteiger partial charge in [-0.3, -0.25) is 9.48 Å². The largest absolute Gasteiger partial charge is 0.323 e. The zero-order valence-corrected chi connectivity index (χ0v) is 15.1. The molecule has 0 spiro atoms. The lowest BCUT2D eigenvalue weighted by atomic mass is 10.1. The van der Waals surface area contributed by atoms with Crippen LogP contribution in [0.4, 0.5) is 0 Å². The minimum Gasteiger partial charge on any atom is -0.323 e. The van der Waals surface area contributed by atoms with E-state index in [1.54, 1.807) is 18.5 Å². The molecule has 4 rings (SSSR count). The second kappa shape index (κ2) is 8.18. The van der Waals surface area contributed by atoms with E-state index in [1.807, 2.05) is 76.4 Å². The van der Waals surface area contributed by atoms with Crippen LogP contribution in [0.3, 0.4) is 0 Å². The normalized spacial score (nSPS) is 11.0. The van der Waals surface area contributed by atoms with Crippen molar-refractivity contribution in [3.8, 4) is 5.69 Å². The summed E-state index contributed by atoms with van der Waals surface area (Å²) in [4.78, 5) is 12.5. The van der Waals surface area contributed by atoms with E-state index >= 15 is 0 Å². The van der Waals surface area contributed by atoms with Crippen molar-refractivity contribution in [2.24, 2.45) is 5.10 Å². The fraction of sp³-hybridized carbons (Fsp3) is 0.0455. The molecule has 0 saturated carbocycles. The lowest BCUT2D eigenvalue weighted by Crippen LogP contribution is -2.19. The summed E-state index contributed by atoms with van der Waals surface area (Å²) in [6.45, 7) is 0.686. The Morgan fingerprint density at radius 1 is 1.00 bits per heavy atom. The highest BCUT2D eigenvalue weighted by molar-refractivity contribution is 5.98. The summed E-state index contributed by atoms with van der Waals surface area (Å²) in [5.41, 5.74) is 5.93. The van der Waals surface area contributed by atoms with E-state index in [0.717, 1.165) is 11.3 Å². The number of carbonyl (C=O) groups is 1. The van der Waals surface area contributed by atoms with Crippen molar-refractivity contribution in [2.75, 3.05) is 0 Å².